The molecule has 1 heterocycles. The minimum Gasteiger partial charge on any atom is -0.326 e. The number of amides is 2. The maximum atomic E-state index is 12.5. The molecule has 0 fully saturated rings. The van der Waals surface area contributed by atoms with E-state index in [1.807, 2.05) is 24.3 Å². The second-order valence-electron chi connectivity index (χ2n) is 6.02. The van der Waals surface area contributed by atoms with Gasteiger partial charge in [0.15, 0.2) is 5.13 Å². The number of thiazole rings is 1. The van der Waals surface area contributed by atoms with Gasteiger partial charge in [-0.05, 0) is 43.3 Å². The zero-order chi connectivity index (χ0) is 20.3. The molecule has 28 heavy (non-hydrogen) atoms. The number of nitrogens with zero attached hydrogens (tertiary/aromatic N) is 1. The SMILES string of the molecule is CC(=O)Nc1ccc(S(=O)(=O)NC(C)C(=O)Nc2nc3ccccc3s2)cc1. The van der Waals surface area contributed by atoms with Crippen molar-refractivity contribution in [2.75, 3.05) is 10.6 Å². The minimum absolute atomic E-state index is 0.0127. The molecule has 2 aromatic carbocycles. The Labute approximate surface area is 166 Å². The maximum Gasteiger partial charge on any atom is 0.244 e. The summed E-state index contributed by atoms with van der Waals surface area (Å²) in [5.41, 5.74) is 1.24. The van der Waals surface area contributed by atoms with Gasteiger partial charge in [0, 0.05) is 12.6 Å². The molecule has 146 valence electrons. The van der Waals surface area contributed by atoms with Gasteiger partial charge in [0.25, 0.3) is 0 Å². The van der Waals surface area contributed by atoms with E-state index in [-0.39, 0.29) is 10.8 Å². The molecular weight excluding hydrogens is 400 g/mol. The van der Waals surface area contributed by atoms with Gasteiger partial charge in [-0.15, -0.1) is 0 Å². The number of carbonyl (C=O) groups excluding carboxylic acids is 2. The summed E-state index contributed by atoms with van der Waals surface area (Å²) >= 11 is 1.31. The number of nitrogens with one attached hydrogen (secondary N) is 3. The van der Waals surface area contributed by atoms with Crippen molar-refractivity contribution in [1.82, 2.24) is 9.71 Å². The molecule has 1 atom stereocenters. The molecule has 0 saturated heterocycles. The molecule has 3 aromatic rings. The molecule has 0 aliphatic rings. The predicted octanol–water partition coefficient (Wildman–Crippen LogP) is 2.56. The molecule has 0 aliphatic carbocycles. The monoisotopic (exact) mass is 418 g/mol. The Kier molecular flexibility index (Phi) is 5.73. The lowest BCUT2D eigenvalue weighted by Gasteiger charge is -2.13. The van der Waals surface area contributed by atoms with Crippen LogP contribution in [0.3, 0.4) is 0 Å². The van der Waals surface area contributed by atoms with E-state index >= 15 is 0 Å². The van der Waals surface area contributed by atoms with E-state index in [2.05, 4.69) is 20.3 Å². The van der Waals surface area contributed by atoms with Crippen LogP contribution in [0.4, 0.5) is 10.8 Å². The summed E-state index contributed by atoms with van der Waals surface area (Å²) in [6, 6.07) is 12.1. The Morgan fingerprint density at radius 1 is 1.04 bits per heavy atom. The van der Waals surface area contributed by atoms with Gasteiger partial charge in [0.2, 0.25) is 21.8 Å². The van der Waals surface area contributed by atoms with E-state index in [1.54, 1.807) is 0 Å². The van der Waals surface area contributed by atoms with Gasteiger partial charge in [-0.1, -0.05) is 23.5 Å². The average Bonchev–Trinajstić information content (AvgIpc) is 3.03. The van der Waals surface area contributed by atoms with E-state index in [4.69, 9.17) is 0 Å². The molecule has 0 aliphatic heterocycles. The van der Waals surface area contributed by atoms with E-state index in [0.717, 1.165) is 10.2 Å². The van der Waals surface area contributed by atoms with Gasteiger partial charge in [-0.2, -0.15) is 4.72 Å². The molecule has 8 nitrogen and oxygen atoms in total. The second-order valence-corrected chi connectivity index (χ2v) is 8.77. The van der Waals surface area contributed by atoms with Gasteiger partial charge >= 0.3 is 0 Å². The molecule has 10 heteroatoms. The van der Waals surface area contributed by atoms with Crippen molar-refractivity contribution in [3.05, 3.63) is 48.5 Å². The van der Waals surface area contributed by atoms with Crippen molar-refractivity contribution >= 4 is 54.2 Å². The topological polar surface area (TPSA) is 117 Å². The van der Waals surface area contributed by atoms with E-state index in [1.165, 1.54) is 49.4 Å². The first kappa shape index (κ1) is 19.9. The van der Waals surface area contributed by atoms with Crippen molar-refractivity contribution in [3.8, 4) is 0 Å². The summed E-state index contributed by atoms with van der Waals surface area (Å²) < 4.78 is 28.2. The summed E-state index contributed by atoms with van der Waals surface area (Å²) in [7, 11) is -3.91. The number of hydrogen-bond acceptors (Lipinski definition) is 6. The fourth-order valence-electron chi connectivity index (χ4n) is 2.41. The lowest BCUT2D eigenvalue weighted by atomic mass is 10.3. The second kappa shape index (κ2) is 8.05. The zero-order valence-electron chi connectivity index (χ0n) is 15.1. The number of benzene rings is 2. The highest BCUT2D eigenvalue weighted by Crippen LogP contribution is 2.25. The van der Waals surface area contributed by atoms with Gasteiger partial charge in [0.1, 0.15) is 0 Å². The molecule has 3 rings (SSSR count). The highest BCUT2D eigenvalue weighted by Gasteiger charge is 2.23. The Hall–Kier alpha value is -2.82. The number of rotatable bonds is 6. The van der Waals surface area contributed by atoms with Crippen molar-refractivity contribution in [1.29, 1.82) is 0 Å². The third kappa shape index (κ3) is 4.71. The predicted molar refractivity (Wildman–Crippen MR) is 109 cm³/mol. The first-order chi connectivity index (χ1) is 13.2. The molecular formula is C18H18N4O4S2. The van der Waals surface area contributed by atoms with Crippen molar-refractivity contribution < 1.29 is 18.0 Å². The Morgan fingerprint density at radius 3 is 2.36 bits per heavy atom. The molecule has 1 unspecified atom stereocenters. The number of aromatic nitrogens is 1. The molecule has 2 amide bonds. The Bertz CT molecular complexity index is 1090. The standard InChI is InChI=1S/C18H18N4O4S2/c1-11(17(24)21-18-20-15-5-3-4-6-16(15)27-18)22-28(25,26)14-9-7-13(8-10-14)19-12(2)23/h3-11,22H,1-2H3,(H,19,23)(H,20,21,24). The molecule has 1 aromatic heterocycles. The molecule has 3 N–H and O–H groups in total. The van der Waals surface area contributed by atoms with Gasteiger partial charge in [-0.25, -0.2) is 13.4 Å². The lowest BCUT2D eigenvalue weighted by molar-refractivity contribution is -0.117. The number of para-hydroxylation sites is 1. The maximum absolute atomic E-state index is 12.5. The number of fused-ring (bicyclic) bond motifs is 1. The summed E-state index contributed by atoms with van der Waals surface area (Å²) in [5.74, 6) is -0.772. The first-order valence-corrected chi connectivity index (χ1v) is 10.6. The fraction of sp³-hybridized carbons (Fsp3) is 0.167. The first-order valence-electron chi connectivity index (χ1n) is 8.31. The molecule has 0 spiro atoms. The Morgan fingerprint density at radius 2 is 1.71 bits per heavy atom. The largest absolute Gasteiger partial charge is 0.326 e. The third-order valence-corrected chi connectivity index (χ3v) is 6.24. The van der Waals surface area contributed by atoms with E-state index < -0.39 is 22.0 Å². The van der Waals surface area contributed by atoms with Crippen molar-refractivity contribution in [2.24, 2.45) is 0 Å². The zero-order valence-corrected chi connectivity index (χ0v) is 16.7. The van der Waals surface area contributed by atoms with Crippen LogP contribution in [0.25, 0.3) is 10.2 Å². The summed E-state index contributed by atoms with van der Waals surface area (Å²) in [6.07, 6.45) is 0. The van der Waals surface area contributed by atoms with E-state index in [0.29, 0.717) is 10.8 Å². The van der Waals surface area contributed by atoms with Crippen molar-refractivity contribution in [2.45, 2.75) is 24.8 Å². The third-order valence-electron chi connectivity index (χ3n) is 3.73. The van der Waals surface area contributed by atoms with Crippen LogP contribution in [0.5, 0.6) is 0 Å². The molecule has 0 bridgehead atoms. The molecule has 0 radical (unpaired) electrons. The van der Waals surface area contributed by atoms with Crippen LogP contribution in [0.15, 0.2) is 53.4 Å². The number of sulfonamides is 1. The smallest absolute Gasteiger partial charge is 0.244 e. The van der Waals surface area contributed by atoms with Crippen LogP contribution in [-0.2, 0) is 19.6 Å². The summed E-state index contributed by atoms with van der Waals surface area (Å²) in [4.78, 5) is 27.7. The number of anilines is 2. The van der Waals surface area contributed by atoms with Crippen LogP contribution >= 0.6 is 11.3 Å². The summed E-state index contributed by atoms with van der Waals surface area (Å²) in [5, 5.41) is 5.59. The van der Waals surface area contributed by atoms with Gasteiger partial charge in [-0.3, -0.25) is 9.59 Å². The Balaban J connectivity index is 1.67. The van der Waals surface area contributed by atoms with Gasteiger partial charge < -0.3 is 10.6 Å². The highest BCUT2D eigenvalue weighted by atomic mass is 32.2. The normalized spacial score (nSPS) is 12.5. The highest BCUT2D eigenvalue weighted by molar-refractivity contribution is 7.89. The lowest BCUT2D eigenvalue weighted by Crippen LogP contribution is -2.41. The van der Waals surface area contributed by atoms with Crippen LogP contribution in [0.1, 0.15) is 13.8 Å². The minimum atomic E-state index is -3.91. The van der Waals surface area contributed by atoms with Crippen LogP contribution in [-0.4, -0.2) is 31.3 Å². The quantitative estimate of drug-likeness (QED) is 0.569. The molecule has 0 saturated carbocycles. The fourth-order valence-corrected chi connectivity index (χ4v) is 4.49. The van der Waals surface area contributed by atoms with Crippen LogP contribution < -0.4 is 15.4 Å². The number of carbonyl (C=O) groups is 2. The van der Waals surface area contributed by atoms with Gasteiger partial charge in [0.05, 0.1) is 21.2 Å². The number of hydrogen-bond donors (Lipinski definition) is 3. The van der Waals surface area contributed by atoms with Crippen molar-refractivity contribution in [3.63, 3.8) is 0 Å². The van der Waals surface area contributed by atoms with E-state index in [9.17, 15) is 18.0 Å². The average molecular weight is 419 g/mol. The van der Waals surface area contributed by atoms with Crippen LogP contribution in [0, 0.1) is 0 Å². The van der Waals surface area contributed by atoms with Crippen LogP contribution in [0.2, 0.25) is 0 Å². The summed E-state index contributed by atoms with van der Waals surface area (Å²) in [6.45, 7) is 2.81.